The summed E-state index contributed by atoms with van der Waals surface area (Å²) in [5.74, 6) is 0.730. The van der Waals surface area contributed by atoms with Crippen LogP contribution in [0.1, 0.15) is 51.8 Å². The topological polar surface area (TPSA) is 97.1 Å². The Morgan fingerprint density at radius 1 is 0.886 bits per heavy atom. The number of hydrogen-bond acceptors (Lipinski definition) is 6. The summed E-state index contributed by atoms with van der Waals surface area (Å²) in [6.07, 6.45) is 2.31. The molecule has 4 N–H and O–H groups in total. The number of rotatable bonds is 14. The third-order valence-corrected chi connectivity index (χ3v) is 8.04. The molecule has 4 aromatic rings. The van der Waals surface area contributed by atoms with Crippen LogP contribution >= 0.6 is 0 Å². The van der Waals surface area contributed by atoms with Crippen molar-refractivity contribution in [1.29, 1.82) is 0 Å². The molecule has 7 nitrogen and oxygen atoms in total. The predicted octanol–water partition coefficient (Wildman–Crippen LogP) is 6.62. The molecule has 0 spiro atoms. The Bertz CT molecular complexity index is 1570. The van der Waals surface area contributed by atoms with Crippen LogP contribution in [-0.2, 0) is 37.5 Å². The minimum absolute atomic E-state index is 0.327. The van der Waals surface area contributed by atoms with Gasteiger partial charge in [-0.2, -0.15) is 0 Å². The van der Waals surface area contributed by atoms with Gasteiger partial charge in [-0.1, -0.05) is 83.9 Å². The van der Waals surface area contributed by atoms with Crippen LogP contribution in [0.25, 0.3) is 0 Å². The molecule has 7 heteroatoms. The molecule has 1 aliphatic heterocycles. The Hall–Kier alpha value is -4.33. The molecule has 0 saturated heterocycles. The highest BCUT2D eigenvalue weighted by molar-refractivity contribution is 5.73. The maximum absolute atomic E-state index is 11.6. The quantitative estimate of drug-likeness (QED) is 0.151. The number of aliphatic carboxylic acids is 1. The molecule has 0 aliphatic carbocycles. The van der Waals surface area contributed by atoms with Crippen molar-refractivity contribution in [3.63, 3.8) is 0 Å². The van der Waals surface area contributed by atoms with Crippen molar-refractivity contribution in [2.24, 2.45) is 5.73 Å². The number of fused-ring (bicyclic) bond motifs is 1. The van der Waals surface area contributed by atoms with Crippen molar-refractivity contribution < 1.29 is 19.4 Å². The van der Waals surface area contributed by atoms with Crippen LogP contribution in [0, 0.1) is 13.8 Å². The molecule has 0 radical (unpaired) electrons. The number of anilines is 1. The number of carbonyl (C=O) groups is 1. The van der Waals surface area contributed by atoms with Gasteiger partial charge in [-0.3, -0.25) is 9.69 Å². The lowest BCUT2D eigenvalue weighted by molar-refractivity contribution is -0.138. The van der Waals surface area contributed by atoms with Crippen molar-refractivity contribution in [3.05, 3.63) is 124 Å². The van der Waals surface area contributed by atoms with E-state index in [9.17, 15) is 9.90 Å². The van der Waals surface area contributed by atoms with E-state index < -0.39 is 12.0 Å². The number of carboxylic acids is 1. The lowest BCUT2D eigenvalue weighted by Crippen LogP contribution is -2.35. The molecule has 0 aromatic heterocycles. The molecule has 0 fully saturated rings. The smallest absolute Gasteiger partial charge is 0.320 e. The van der Waals surface area contributed by atoms with Crippen molar-refractivity contribution >= 4 is 11.7 Å². The molecule has 0 unspecified atom stereocenters. The normalized spacial score (nSPS) is 13.2. The van der Waals surface area contributed by atoms with Crippen LogP contribution in [0.15, 0.2) is 84.9 Å². The van der Waals surface area contributed by atoms with Gasteiger partial charge in [-0.25, -0.2) is 0 Å². The van der Waals surface area contributed by atoms with E-state index in [0.29, 0.717) is 39.3 Å². The number of hydrogen-bond donors (Lipinski definition) is 3. The first-order valence-electron chi connectivity index (χ1n) is 15.4. The summed E-state index contributed by atoms with van der Waals surface area (Å²) >= 11 is 0. The van der Waals surface area contributed by atoms with Gasteiger partial charge < -0.3 is 25.6 Å². The highest BCUT2D eigenvalue weighted by Gasteiger charge is 2.22. The molecule has 0 bridgehead atoms. The second-order valence-corrected chi connectivity index (χ2v) is 11.7. The Morgan fingerprint density at radius 3 is 2.27 bits per heavy atom. The molecular formula is C37H43N3O4. The molecule has 4 aromatic carbocycles. The fourth-order valence-corrected chi connectivity index (χ4v) is 5.72. The van der Waals surface area contributed by atoms with Gasteiger partial charge in [0.25, 0.3) is 0 Å². The zero-order valence-electron chi connectivity index (χ0n) is 25.7. The number of carboxylic acid groups (broad SMARTS) is 1. The van der Waals surface area contributed by atoms with Crippen molar-refractivity contribution in [1.82, 2.24) is 4.90 Å². The summed E-state index contributed by atoms with van der Waals surface area (Å²) in [7, 11) is 0. The van der Waals surface area contributed by atoms with Gasteiger partial charge in [0.1, 0.15) is 30.8 Å². The zero-order valence-corrected chi connectivity index (χ0v) is 25.7. The van der Waals surface area contributed by atoms with Crippen LogP contribution in [0.3, 0.4) is 0 Å². The summed E-state index contributed by atoms with van der Waals surface area (Å²) < 4.78 is 12.9. The largest absolute Gasteiger partial charge is 0.489 e. The van der Waals surface area contributed by atoms with Crippen LogP contribution < -0.4 is 20.5 Å². The van der Waals surface area contributed by atoms with Crippen molar-refractivity contribution in [3.8, 4) is 11.5 Å². The Balaban J connectivity index is 1.40. The Labute approximate surface area is 260 Å². The maximum Gasteiger partial charge on any atom is 0.320 e. The third kappa shape index (κ3) is 8.40. The Morgan fingerprint density at radius 2 is 1.57 bits per heavy atom. The monoisotopic (exact) mass is 593 g/mol. The molecule has 5 rings (SSSR count). The summed E-state index contributed by atoms with van der Waals surface area (Å²) in [6.45, 7) is 7.71. The van der Waals surface area contributed by atoms with E-state index in [1.165, 1.54) is 16.7 Å². The first kappa shape index (κ1) is 31.1. The third-order valence-electron chi connectivity index (χ3n) is 8.04. The average molecular weight is 594 g/mol. The van der Waals surface area contributed by atoms with Crippen LogP contribution in [0.2, 0.25) is 0 Å². The van der Waals surface area contributed by atoms with Gasteiger partial charge in [0.05, 0.1) is 0 Å². The molecule has 0 saturated carbocycles. The maximum atomic E-state index is 11.6. The number of nitrogens with one attached hydrogen (secondary N) is 1. The molecule has 1 aliphatic rings. The van der Waals surface area contributed by atoms with Crippen LogP contribution in [-0.4, -0.2) is 35.1 Å². The number of aryl methyl sites for hydroxylation is 2. The van der Waals surface area contributed by atoms with E-state index >= 15 is 0 Å². The zero-order chi connectivity index (χ0) is 30.9. The molecule has 0 amide bonds. The van der Waals surface area contributed by atoms with Gasteiger partial charge in [-0.15, -0.1) is 0 Å². The molecule has 1 heterocycles. The molecule has 1 atom stereocenters. The van der Waals surface area contributed by atoms with Crippen LogP contribution in [0.5, 0.6) is 11.5 Å². The van der Waals surface area contributed by atoms with E-state index in [2.05, 4.69) is 84.7 Å². The predicted molar refractivity (Wildman–Crippen MR) is 175 cm³/mol. The number of benzene rings is 4. The van der Waals surface area contributed by atoms with Crippen molar-refractivity contribution in [2.75, 3.05) is 18.4 Å². The molecule has 230 valence electrons. The van der Waals surface area contributed by atoms with E-state index in [-0.39, 0.29) is 0 Å². The summed E-state index contributed by atoms with van der Waals surface area (Å²) in [5, 5.41) is 13.0. The molecule has 44 heavy (non-hydrogen) atoms. The fraction of sp³-hybridized carbons (Fsp3) is 0.324. The summed E-state index contributed by atoms with van der Waals surface area (Å²) in [4.78, 5) is 13.8. The minimum Gasteiger partial charge on any atom is -0.489 e. The van der Waals surface area contributed by atoms with E-state index in [0.717, 1.165) is 58.8 Å². The van der Waals surface area contributed by atoms with Gasteiger partial charge in [0, 0.05) is 48.6 Å². The number of nitrogens with zero attached hydrogens (tertiary/aromatic N) is 1. The van der Waals surface area contributed by atoms with Gasteiger partial charge in [0.15, 0.2) is 0 Å². The standard InChI is InChI=1S/C37H43N3O4/c1-26-8-5-10-28(20-26)24-43-35-14-4-3-12-30(35)22-40(19-17-33(38)37(41)42)23-31-15-16-34-32(13-7-18-39-34)36(31)44-25-29-11-6-9-27(2)21-29/h3-6,8-12,14-16,20-21,33,39H,7,13,17-19,22-25,38H2,1-2H3,(H,41,42)/t33-/m0/s1. The average Bonchev–Trinajstić information content (AvgIpc) is 3.02. The Kier molecular flexibility index (Phi) is 10.5. The lowest BCUT2D eigenvalue weighted by Gasteiger charge is -2.28. The van der Waals surface area contributed by atoms with Gasteiger partial charge in [-0.05, 0) is 56.4 Å². The van der Waals surface area contributed by atoms with E-state index in [4.69, 9.17) is 15.2 Å². The van der Waals surface area contributed by atoms with E-state index in [1.807, 2.05) is 24.3 Å². The highest BCUT2D eigenvalue weighted by atomic mass is 16.5. The summed E-state index contributed by atoms with van der Waals surface area (Å²) in [6, 6.07) is 28.1. The fourth-order valence-electron chi connectivity index (χ4n) is 5.72. The summed E-state index contributed by atoms with van der Waals surface area (Å²) in [5.41, 5.74) is 15.0. The SMILES string of the molecule is Cc1cccc(COc2ccccc2CN(CC[C@H](N)C(=O)O)Cc2ccc3c(c2OCc2cccc(C)c2)CCCN3)c1. The second-order valence-electron chi connectivity index (χ2n) is 11.7. The van der Waals surface area contributed by atoms with Crippen LogP contribution in [0.4, 0.5) is 5.69 Å². The first-order chi connectivity index (χ1) is 21.4. The van der Waals surface area contributed by atoms with E-state index in [1.54, 1.807) is 0 Å². The minimum atomic E-state index is -0.992. The lowest BCUT2D eigenvalue weighted by atomic mass is 9.98. The number of para-hydroxylation sites is 1. The first-order valence-corrected chi connectivity index (χ1v) is 15.4. The number of ether oxygens (including phenoxy) is 2. The van der Waals surface area contributed by atoms with Crippen molar-refractivity contribution in [2.45, 2.75) is 65.5 Å². The second kappa shape index (κ2) is 14.9. The highest BCUT2D eigenvalue weighted by Crippen LogP contribution is 2.36. The van der Waals surface area contributed by atoms with Gasteiger partial charge in [0.2, 0.25) is 0 Å². The number of nitrogens with two attached hydrogens (primary N) is 1. The molecular weight excluding hydrogens is 550 g/mol. The van der Waals surface area contributed by atoms with Gasteiger partial charge >= 0.3 is 5.97 Å².